The van der Waals surface area contributed by atoms with Gasteiger partial charge in [0.05, 0.1) is 31.1 Å². The van der Waals surface area contributed by atoms with Crippen molar-refractivity contribution in [2.45, 2.75) is 12.2 Å². The Morgan fingerprint density at radius 1 is 1.40 bits per heavy atom. The molecule has 2 heterocycles. The highest BCUT2D eigenvalue weighted by atomic mass is 19.4. The molecule has 0 saturated carbocycles. The number of alkyl halides is 3. The van der Waals surface area contributed by atoms with Crippen LogP contribution in [-0.2, 0) is 14.3 Å². The van der Waals surface area contributed by atoms with E-state index < -0.39 is 24.7 Å². The number of fused-ring (bicyclic) bond motifs is 1. The molecule has 2 aliphatic rings. The van der Waals surface area contributed by atoms with Gasteiger partial charge in [0.1, 0.15) is 6.04 Å². The lowest BCUT2D eigenvalue weighted by molar-refractivity contribution is -0.165. The van der Waals surface area contributed by atoms with Gasteiger partial charge in [0.15, 0.2) is 12.4 Å². The number of nitrogens with zero attached hydrogens (tertiary/aromatic N) is 1. The number of amides is 2. The van der Waals surface area contributed by atoms with Gasteiger partial charge in [-0.25, -0.2) is 0 Å². The summed E-state index contributed by atoms with van der Waals surface area (Å²) in [5.74, 6) is -0.680. The monoisotopic (exact) mass is 359 g/mol. The number of carbonyl (C=O) groups excluding carboxylic acids is 2. The molecule has 7 nitrogen and oxygen atoms in total. The number of benzene rings is 1. The van der Waals surface area contributed by atoms with Gasteiger partial charge in [0, 0.05) is 6.54 Å². The van der Waals surface area contributed by atoms with E-state index in [1.54, 1.807) is 18.2 Å². The number of carbonyl (C=O) groups is 2. The Balaban J connectivity index is 1.75. The van der Waals surface area contributed by atoms with Gasteiger partial charge < -0.3 is 20.1 Å². The molecule has 2 aliphatic heterocycles. The third-order valence-corrected chi connectivity index (χ3v) is 3.82. The Labute approximate surface area is 141 Å². The molecule has 25 heavy (non-hydrogen) atoms. The number of hydrogen-bond acceptors (Lipinski definition) is 5. The molecule has 0 aromatic heterocycles. The molecule has 10 heteroatoms. The maximum absolute atomic E-state index is 12.7. The van der Waals surface area contributed by atoms with Crippen LogP contribution in [0.1, 0.15) is 0 Å². The minimum absolute atomic E-state index is 0.0110. The summed E-state index contributed by atoms with van der Waals surface area (Å²) in [7, 11) is 0. The van der Waals surface area contributed by atoms with Crippen LogP contribution >= 0.6 is 0 Å². The van der Waals surface area contributed by atoms with E-state index in [4.69, 9.17) is 9.47 Å². The molecular weight excluding hydrogens is 343 g/mol. The number of hydrogen-bond donors (Lipinski definition) is 2. The summed E-state index contributed by atoms with van der Waals surface area (Å²) in [6, 6.07) is 3.67. The Kier molecular flexibility index (Phi) is 4.82. The SMILES string of the molecule is O=C1COc2c(cccc2NC(=O)C2COCCN2CC(F)(F)F)N1. The average molecular weight is 359 g/mol. The van der Waals surface area contributed by atoms with Crippen LogP contribution in [0, 0.1) is 0 Å². The van der Waals surface area contributed by atoms with Crippen molar-refractivity contribution < 1.29 is 32.2 Å². The first-order valence-electron chi connectivity index (χ1n) is 7.58. The molecule has 0 bridgehead atoms. The smallest absolute Gasteiger partial charge is 0.401 e. The van der Waals surface area contributed by atoms with Gasteiger partial charge in [-0.1, -0.05) is 6.07 Å². The standard InChI is InChI=1S/C15H16F3N3O4/c16-15(17,18)8-21-4-5-24-6-11(21)14(23)20-10-3-1-2-9-13(10)25-7-12(22)19-9/h1-3,11H,4-8H2,(H,19,22)(H,20,23). The van der Waals surface area contributed by atoms with Crippen molar-refractivity contribution in [2.24, 2.45) is 0 Å². The quantitative estimate of drug-likeness (QED) is 0.848. The van der Waals surface area contributed by atoms with Crippen LogP contribution in [0.25, 0.3) is 0 Å². The molecule has 1 fully saturated rings. The van der Waals surface area contributed by atoms with E-state index >= 15 is 0 Å². The lowest BCUT2D eigenvalue weighted by atomic mass is 10.1. The van der Waals surface area contributed by atoms with Crippen molar-refractivity contribution in [2.75, 3.05) is 43.5 Å². The molecule has 2 N–H and O–H groups in total. The second-order valence-electron chi connectivity index (χ2n) is 5.68. The zero-order valence-electron chi connectivity index (χ0n) is 13.1. The van der Waals surface area contributed by atoms with E-state index in [-0.39, 0.29) is 43.7 Å². The third kappa shape index (κ3) is 4.20. The van der Waals surface area contributed by atoms with Gasteiger partial charge in [-0.15, -0.1) is 0 Å². The molecule has 1 aromatic rings. The fourth-order valence-electron chi connectivity index (χ4n) is 2.73. The van der Waals surface area contributed by atoms with E-state index in [0.717, 1.165) is 4.90 Å². The van der Waals surface area contributed by atoms with E-state index in [1.165, 1.54) is 0 Å². The van der Waals surface area contributed by atoms with Crippen molar-refractivity contribution in [1.82, 2.24) is 4.90 Å². The van der Waals surface area contributed by atoms with E-state index in [0.29, 0.717) is 5.69 Å². The van der Waals surface area contributed by atoms with Crippen LogP contribution in [0.2, 0.25) is 0 Å². The van der Waals surface area contributed by atoms with Crippen LogP contribution in [0.15, 0.2) is 18.2 Å². The maximum Gasteiger partial charge on any atom is 0.401 e. The molecule has 136 valence electrons. The van der Waals surface area contributed by atoms with Gasteiger partial charge in [-0.2, -0.15) is 13.2 Å². The van der Waals surface area contributed by atoms with Crippen LogP contribution in [0.3, 0.4) is 0 Å². The van der Waals surface area contributed by atoms with Crippen molar-refractivity contribution in [3.8, 4) is 5.75 Å². The zero-order chi connectivity index (χ0) is 18.0. The minimum atomic E-state index is -4.41. The van der Waals surface area contributed by atoms with Crippen LogP contribution < -0.4 is 15.4 Å². The largest absolute Gasteiger partial charge is 0.479 e. The molecule has 3 rings (SSSR count). The molecule has 1 aromatic carbocycles. The molecular formula is C15H16F3N3O4. The Bertz CT molecular complexity index is 680. The highest BCUT2D eigenvalue weighted by Gasteiger charge is 2.38. The minimum Gasteiger partial charge on any atom is -0.479 e. The van der Waals surface area contributed by atoms with Crippen molar-refractivity contribution in [3.05, 3.63) is 18.2 Å². The summed E-state index contributed by atoms with van der Waals surface area (Å²) < 4.78 is 48.5. The Morgan fingerprint density at radius 2 is 2.20 bits per heavy atom. The second-order valence-corrected chi connectivity index (χ2v) is 5.68. The van der Waals surface area contributed by atoms with Crippen LogP contribution in [0.5, 0.6) is 5.75 Å². The first-order valence-corrected chi connectivity index (χ1v) is 7.58. The van der Waals surface area contributed by atoms with Crippen molar-refractivity contribution in [1.29, 1.82) is 0 Å². The summed E-state index contributed by atoms with van der Waals surface area (Å²) in [5, 5.41) is 5.16. The Hall–Kier alpha value is -2.33. The summed E-state index contributed by atoms with van der Waals surface area (Å²) in [5.41, 5.74) is 0.668. The molecule has 2 amide bonds. The maximum atomic E-state index is 12.7. The lowest BCUT2D eigenvalue weighted by Crippen LogP contribution is -2.54. The third-order valence-electron chi connectivity index (χ3n) is 3.82. The van der Waals surface area contributed by atoms with E-state index in [2.05, 4.69) is 10.6 Å². The highest BCUT2D eigenvalue weighted by molar-refractivity contribution is 6.01. The van der Waals surface area contributed by atoms with Gasteiger partial charge in [-0.3, -0.25) is 14.5 Å². The predicted octanol–water partition coefficient (Wildman–Crippen LogP) is 1.22. The number of anilines is 2. The number of halogens is 3. The average Bonchev–Trinajstić information content (AvgIpc) is 2.53. The summed E-state index contributed by atoms with van der Waals surface area (Å²) in [6.45, 7) is -1.37. The van der Waals surface area contributed by atoms with Crippen LogP contribution in [-0.4, -0.2) is 61.8 Å². The normalized spacial score (nSPS) is 21.1. The second kappa shape index (κ2) is 6.89. The summed E-state index contributed by atoms with van der Waals surface area (Å²) in [6.07, 6.45) is -4.41. The molecule has 0 aliphatic carbocycles. The number of para-hydroxylation sites is 1. The molecule has 0 radical (unpaired) electrons. The van der Waals surface area contributed by atoms with Gasteiger partial charge in [0.2, 0.25) is 5.91 Å². The first kappa shape index (κ1) is 17.5. The van der Waals surface area contributed by atoms with Crippen LogP contribution in [0.4, 0.5) is 24.5 Å². The number of ether oxygens (including phenoxy) is 2. The summed E-state index contributed by atoms with van der Waals surface area (Å²) in [4.78, 5) is 24.8. The first-order chi connectivity index (χ1) is 11.8. The van der Waals surface area contributed by atoms with Gasteiger partial charge in [0.25, 0.3) is 5.91 Å². The fraction of sp³-hybridized carbons (Fsp3) is 0.467. The fourth-order valence-corrected chi connectivity index (χ4v) is 2.73. The van der Waals surface area contributed by atoms with Gasteiger partial charge in [-0.05, 0) is 12.1 Å². The molecule has 1 saturated heterocycles. The van der Waals surface area contributed by atoms with Gasteiger partial charge >= 0.3 is 6.18 Å². The Morgan fingerprint density at radius 3 is 2.96 bits per heavy atom. The predicted molar refractivity (Wildman–Crippen MR) is 81.4 cm³/mol. The number of morpholine rings is 1. The van der Waals surface area contributed by atoms with E-state index in [1.807, 2.05) is 0 Å². The number of nitrogens with one attached hydrogen (secondary N) is 2. The van der Waals surface area contributed by atoms with E-state index in [9.17, 15) is 22.8 Å². The molecule has 1 atom stereocenters. The number of rotatable bonds is 3. The molecule has 0 spiro atoms. The van der Waals surface area contributed by atoms with Crippen molar-refractivity contribution in [3.63, 3.8) is 0 Å². The summed E-state index contributed by atoms with van der Waals surface area (Å²) >= 11 is 0. The highest BCUT2D eigenvalue weighted by Crippen LogP contribution is 2.35. The molecule has 1 unspecified atom stereocenters. The lowest BCUT2D eigenvalue weighted by Gasteiger charge is -2.35. The van der Waals surface area contributed by atoms with Crippen molar-refractivity contribution >= 4 is 23.2 Å². The topological polar surface area (TPSA) is 79.9 Å². The zero-order valence-corrected chi connectivity index (χ0v) is 13.1.